The fourth-order valence-corrected chi connectivity index (χ4v) is 3.72. The van der Waals surface area contributed by atoms with Crippen LogP contribution in [-0.2, 0) is 10.0 Å². The summed E-state index contributed by atoms with van der Waals surface area (Å²) in [6.45, 7) is 1.75. The van der Waals surface area contributed by atoms with E-state index in [1.54, 1.807) is 30.3 Å². The summed E-state index contributed by atoms with van der Waals surface area (Å²) in [6.07, 6.45) is -0.966. The minimum atomic E-state index is -3.67. The van der Waals surface area contributed by atoms with Crippen molar-refractivity contribution in [3.63, 3.8) is 0 Å². The first-order valence-electron chi connectivity index (χ1n) is 7.49. The molecule has 1 unspecified atom stereocenters. The molecule has 1 N–H and O–H groups in total. The van der Waals surface area contributed by atoms with E-state index in [1.165, 1.54) is 19.2 Å². The van der Waals surface area contributed by atoms with Crippen LogP contribution in [0, 0.1) is 6.92 Å². The van der Waals surface area contributed by atoms with Crippen LogP contribution in [0.25, 0.3) is 0 Å². The van der Waals surface area contributed by atoms with Crippen LogP contribution in [-0.4, -0.2) is 44.1 Å². The Morgan fingerprint density at radius 2 is 1.88 bits per heavy atom. The van der Waals surface area contributed by atoms with Gasteiger partial charge in [-0.3, -0.25) is 0 Å². The van der Waals surface area contributed by atoms with Gasteiger partial charge in [0.1, 0.15) is 18.5 Å². The van der Waals surface area contributed by atoms with E-state index in [9.17, 15) is 13.5 Å². The molecule has 0 saturated carbocycles. The van der Waals surface area contributed by atoms with Gasteiger partial charge in [-0.1, -0.05) is 27.5 Å². The number of benzene rings is 2. The van der Waals surface area contributed by atoms with Gasteiger partial charge in [0.05, 0.1) is 4.90 Å². The summed E-state index contributed by atoms with van der Waals surface area (Å²) in [5, 5.41) is 10.7. The molecule has 0 aromatic heterocycles. The number of aliphatic hydroxyl groups is 1. The molecule has 1 atom stereocenters. The molecule has 0 aliphatic heterocycles. The predicted octanol–water partition coefficient (Wildman–Crippen LogP) is 3.47. The number of rotatable bonds is 7. The lowest BCUT2D eigenvalue weighted by Gasteiger charge is -2.21. The molecule has 2 aromatic carbocycles. The molecule has 8 heteroatoms. The van der Waals surface area contributed by atoms with E-state index in [0.717, 1.165) is 14.3 Å². The molecular weight excluding hydrogens is 430 g/mol. The van der Waals surface area contributed by atoms with E-state index in [-0.39, 0.29) is 18.0 Å². The van der Waals surface area contributed by atoms with Gasteiger partial charge in [-0.05, 0) is 55.0 Å². The first-order valence-corrected chi connectivity index (χ1v) is 10.1. The average Bonchev–Trinajstić information content (AvgIpc) is 2.56. The van der Waals surface area contributed by atoms with Gasteiger partial charge in [-0.15, -0.1) is 0 Å². The van der Waals surface area contributed by atoms with Crippen molar-refractivity contribution in [3.05, 3.63) is 57.5 Å². The van der Waals surface area contributed by atoms with Crippen LogP contribution < -0.4 is 4.74 Å². The van der Waals surface area contributed by atoms with Crippen LogP contribution in [0.5, 0.6) is 5.75 Å². The summed E-state index contributed by atoms with van der Waals surface area (Å²) in [5.41, 5.74) is 0.864. The highest BCUT2D eigenvalue weighted by atomic mass is 79.9. The summed E-state index contributed by atoms with van der Waals surface area (Å²) < 4.78 is 32.4. The average molecular weight is 449 g/mol. The lowest BCUT2D eigenvalue weighted by atomic mass is 10.2. The topological polar surface area (TPSA) is 66.8 Å². The fraction of sp³-hybridized carbons (Fsp3) is 0.294. The first kappa shape index (κ1) is 20.2. The summed E-state index contributed by atoms with van der Waals surface area (Å²) in [6, 6.07) is 11.5. The van der Waals surface area contributed by atoms with Crippen molar-refractivity contribution in [2.45, 2.75) is 17.9 Å². The van der Waals surface area contributed by atoms with Crippen LogP contribution in [0.1, 0.15) is 5.56 Å². The quantitative estimate of drug-likeness (QED) is 0.704. The molecule has 0 amide bonds. The van der Waals surface area contributed by atoms with Gasteiger partial charge < -0.3 is 9.84 Å². The van der Waals surface area contributed by atoms with Crippen molar-refractivity contribution in [2.24, 2.45) is 0 Å². The van der Waals surface area contributed by atoms with Crippen LogP contribution in [0.4, 0.5) is 0 Å². The SMILES string of the molecule is Cc1cc(OCC(O)CN(C)S(=O)(=O)c2ccc(Br)cc2)ccc1Cl. The van der Waals surface area contributed by atoms with E-state index < -0.39 is 16.1 Å². The highest BCUT2D eigenvalue weighted by molar-refractivity contribution is 9.10. The number of hydrogen-bond acceptors (Lipinski definition) is 4. The van der Waals surface area contributed by atoms with Crippen LogP contribution >= 0.6 is 27.5 Å². The number of nitrogens with zero attached hydrogens (tertiary/aromatic N) is 1. The third-order valence-electron chi connectivity index (χ3n) is 3.56. The number of halogens is 2. The Morgan fingerprint density at radius 1 is 1.24 bits per heavy atom. The van der Waals surface area contributed by atoms with Crippen molar-refractivity contribution >= 4 is 37.6 Å². The van der Waals surface area contributed by atoms with Gasteiger partial charge in [-0.2, -0.15) is 4.31 Å². The minimum absolute atomic E-state index is 0.0265. The van der Waals surface area contributed by atoms with Crippen LogP contribution in [0.15, 0.2) is 51.8 Å². The number of aliphatic hydroxyl groups excluding tert-OH is 1. The molecule has 0 fully saturated rings. The van der Waals surface area contributed by atoms with Crippen molar-refractivity contribution < 1.29 is 18.3 Å². The zero-order valence-corrected chi connectivity index (χ0v) is 17.0. The Morgan fingerprint density at radius 3 is 2.48 bits per heavy atom. The molecule has 136 valence electrons. The van der Waals surface area contributed by atoms with Gasteiger partial charge in [0, 0.05) is 23.1 Å². The van der Waals surface area contributed by atoms with Gasteiger partial charge in [0.15, 0.2) is 0 Å². The number of sulfonamides is 1. The van der Waals surface area contributed by atoms with E-state index >= 15 is 0 Å². The molecular formula is C17H19BrClNO4S. The maximum atomic E-state index is 12.5. The van der Waals surface area contributed by atoms with Crippen LogP contribution in [0.3, 0.4) is 0 Å². The third kappa shape index (κ3) is 5.43. The van der Waals surface area contributed by atoms with E-state index in [4.69, 9.17) is 16.3 Å². The lowest BCUT2D eigenvalue weighted by molar-refractivity contribution is 0.0935. The molecule has 0 heterocycles. The van der Waals surface area contributed by atoms with Gasteiger partial charge >= 0.3 is 0 Å². The standard InChI is InChI=1S/C17H19BrClNO4S/c1-12-9-15(5-8-17(12)19)24-11-14(21)10-20(2)25(22,23)16-6-3-13(18)4-7-16/h3-9,14,21H,10-11H2,1-2H3. The van der Waals surface area contributed by atoms with E-state index in [1.807, 2.05) is 6.92 Å². The molecule has 5 nitrogen and oxygen atoms in total. The summed E-state index contributed by atoms with van der Waals surface area (Å²) in [4.78, 5) is 0.166. The Bertz CT molecular complexity index is 827. The molecule has 0 bridgehead atoms. The van der Waals surface area contributed by atoms with Gasteiger partial charge in [-0.25, -0.2) is 8.42 Å². The van der Waals surface area contributed by atoms with Crippen molar-refractivity contribution in [1.29, 1.82) is 0 Å². The summed E-state index contributed by atoms with van der Waals surface area (Å²) >= 11 is 9.22. The Labute approximate surface area is 161 Å². The van der Waals surface area contributed by atoms with Crippen molar-refractivity contribution in [3.8, 4) is 5.75 Å². The first-order chi connectivity index (χ1) is 11.7. The minimum Gasteiger partial charge on any atom is -0.491 e. The molecule has 0 spiro atoms. The zero-order valence-electron chi connectivity index (χ0n) is 13.8. The smallest absolute Gasteiger partial charge is 0.242 e. The van der Waals surface area contributed by atoms with Crippen LogP contribution in [0.2, 0.25) is 5.02 Å². The number of likely N-dealkylation sites (N-methyl/N-ethyl adjacent to an activating group) is 1. The zero-order chi connectivity index (χ0) is 18.6. The number of ether oxygens (including phenoxy) is 1. The monoisotopic (exact) mass is 447 g/mol. The fourth-order valence-electron chi connectivity index (χ4n) is 2.13. The molecule has 25 heavy (non-hydrogen) atoms. The largest absolute Gasteiger partial charge is 0.491 e. The summed E-state index contributed by atoms with van der Waals surface area (Å²) in [5.74, 6) is 0.569. The number of aryl methyl sites for hydroxylation is 1. The van der Waals surface area contributed by atoms with Crippen molar-refractivity contribution in [1.82, 2.24) is 4.31 Å². The highest BCUT2D eigenvalue weighted by Crippen LogP contribution is 2.21. The Hall–Kier alpha value is -1.12. The molecule has 0 aliphatic carbocycles. The van der Waals surface area contributed by atoms with Crippen molar-refractivity contribution in [2.75, 3.05) is 20.2 Å². The molecule has 2 rings (SSSR count). The Kier molecular flexibility index (Phi) is 6.87. The third-order valence-corrected chi connectivity index (χ3v) is 6.35. The predicted molar refractivity (Wildman–Crippen MR) is 102 cm³/mol. The van der Waals surface area contributed by atoms with Gasteiger partial charge in [0.25, 0.3) is 0 Å². The molecule has 0 radical (unpaired) electrons. The van der Waals surface area contributed by atoms with E-state index in [2.05, 4.69) is 15.9 Å². The highest BCUT2D eigenvalue weighted by Gasteiger charge is 2.23. The molecule has 2 aromatic rings. The lowest BCUT2D eigenvalue weighted by Crippen LogP contribution is -2.37. The molecule has 0 aliphatic rings. The maximum Gasteiger partial charge on any atom is 0.242 e. The summed E-state index contributed by atoms with van der Waals surface area (Å²) in [7, 11) is -2.24. The number of hydrogen-bond donors (Lipinski definition) is 1. The maximum absolute atomic E-state index is 12.5. The molecule has 0 saturated heterocycles. The second-order valence-electron chi connectivity index (χ2n) is 5.62. The van der Waals surface area contributed by atoms with E-state index in [0.29, 0.717) is 10.8 Å². The normalized spacial score (nSPS) is 13.0. The second-order valence-corrected chi connectivity index (χ2v) is 8.98. The van der Waals surface area contributed by atoms with Gasteiger partial charge in [0.2, 0.25) is 10.0 Å². The Balaban J connectivity index is 1.95. The second kappa shape index (κ2) is 8.51.